The van der Waals surface area contributed by atoms with Crippen LogP contribution in [0.3, 0.4) is 0 Å². The summed E-state index contributed by atoms with van der Waals surface area (Å²) in [6.07, 6.45) is -4.46. The predicted octanol–water partition coefficient (Wildman–Crippen LogP) is 9.86. The molecule has 0 bridgehead atoms. The normalized spacial score (nSPS) is 16.2. The van der Waals surface area contributed by atoms with Crippen molar-refractivity contribution in [2.45, 2.75) is 32.4 Å². The number of alkyl halides is 3. The Morgan fingerprint density at radius 1 is 0.564 bits per heavy atom. The molecule has 1 heterocycles. The van der Waals surface area contributed by atoms with Crippen molar-refractivity contribution in [2.75, 3.05) is 0 Å². The fraction of sp³-hybridized carbons (Fsp3) is 0.152. The molecule has 0 aromatic heterocycles. The minimum absolute atomic E-state index is 0.0560. The van der Waals surface area contributed by atoms with E-state index in [2.05, 4.69) is 20.8 Å². The van der Waals surface area contributed by atoms with E-state index in [0.717, 1.165) is 45.5 Å². The van der Waals surface area contributed by atoms with Crippen LogP contribution in [0.25, 0.3) is 21.0 Å². The third-order valence-corrected chi connectivity index (χ3v) is 8.63. The molecule has 1 aliphatic heterocycles. The standard InChI is InChI=1S/C33H26ClF3OS/c1-32(2,3)25-15-9-23(10-16-25)31-29(22-13-19-27(34)20-14-22)28(21-7-5-4-6-8-21)30(39(31)38)24-11-17-26(18-12-24)33(35,36)37/h4-20H,1-3H3. The summed E-state index contributed by atoms with van der Waals surface area (Å²) in [5, 5.41) is 0.572. The number of benzene rings is 4. The molecule has 0 N–H and O–H groups in total. The van der Waals surface area contributed by atoms with Crippen LogP contribution in [0.2, 0.25) is 5.02 Å². The summed E-state index contributed by atoms with van der Waals surface area (Å²) in [5.74, 6) is 0. The van der Waals surface area contributed by atoms with Crippen LogP contribution < -0.4 is 0 Å². The van der Waals surface area contributed by atoms with E-state index in [1.165, 1.54) is 12.1 Å². The van der Waals surface area contributed by atoms with Gasteiger partial charge >= 0.3 is 6.18 Å². The molecule has 0 saturated heterocycles. The average Bonchev–Trinajstić information content (AvgIpc) is 3.21. The summed E-state index contributed by atoms with van der Waals surface area (Å²) < 4.78 is 54.5. The van der Waals surface area contributed by atoms with Crippen molar-refractivity contribution >= 4 is 43.4 Å². The highest BCUT2D eigenvalue weighted by molar-refractivity contribution is 8.04. The number of hydrogen-bond acceptors (Lipinski definition) is 1. The van der Waals surface area contributed by atoms with Gasteiger partial charge in [0, 0.05) is 16.2 Å². The quantitative estimate of drug-likeness (QED) is 0.242. The Balaban J connectivity index is 1.79. The number of hydrogen-bond donors (Lipinski definition) is 0. The van der Waals surface area contributed by atoms with Crippen LogP contribution in [0.5, 0.6) is 0 Å². The van der Waals surface area contributed by atoms with Crippen molar-refractivity contribution in [3.05, 3.63) is 142 Å². The lowest BCUT2D eigenvalue weighted by atomic mass is 9.86. The molecule has 0 radical (unpaired) electrons. The lowest BCUT2D eigenvalue weighted by molar-refractivity contribution is -0.137. The summed E-state index contributed by atoms with van der Waals surface area (Å²) >= 11 is 6.21. The van der Waals surface area contributed by atoms with Crippen LogP contribution in [0.1, 0.15) is 54.2 Å². The fourth-order valence-corrected chi connectivity index (χ4v) is 6.56. The second kappa shape index (κ2) is 10.3. The van der Waals surface area contributed by atoms with Crippen molar-refractivity contribution in [3.63, 3.8) is 0 Å². The van der Waals surface area contributed by atoms with Gasteiger partial charge in [0.1, 0.15) is 0 Å². The lowest BCUT2D eigenvalue weighted by Gasteiger charge is -2.19. The molecule has 0 aliphatic carbocycles. The molecule has 1 nitrogen and oxygen atoms in total. The Hall–Kier alpha value is -3.41. The monoisotopic (exact) mass is 562 g/mol. The van der Waals surface area contributed by atoms with Crippen molar-refractivity contribution in [1.82, 2.24) is 0 Å². The van der Waals surface area contributed by atoms with E-state index in [0.29, 0.717) is 20.4 Å². The van der Waals surface area contributed by atoms with Crippen LogP contribution in [-0.4, -0.2) is 4.21 Å². The van der Waals surface area contributed by atoms with E-state index in [9.17, 15) is 17.4 Å². The molecule has 1 atom stereocenters. The highest BCUT2D eigenvalue weighted by Crippen LogP contribution is 2.52. The smallest absolute Gasteiger partial charge is 0.249 e. The highest BCUT2D eigenvalue weighted by atomic mass is 35.5. The highest BCUT2D eigenvalue weighted by Gasteiger charge is 2.36. The zero-order valence-corrected chi connectivity index (χ0v) is 23.2. The van der Waals surface area contributed by atoms with E-state index in [4.69, 9.17) is 11.6 Å². The zero-order chi connectivity index (χ0) is 27.9. The molecule has 4 aromatic carbocycles. The molecule has 0 fully saturated rings. The molecule has 4 aromatic rings. The first-order valence-corrected chi connectivity index (χ1v) is 14.0. The van der Waals surface area contributed by atoms with Gasteiger partial charge in [-0.2, -0.15) is 13.2 Å². The van der Waals surface area contributed by atoms with Crippen LogP contribution in [0.15, 0.2) is 103 Å². The lowest BCUT2D eigenvalue weighted by Crippen LogP contribution is -2.10. The Kier molecular flexibility index (Phi) is 7.17. The van der Waals surface area contributed by atoms with E-state index in [1.54, 1.807) is 12.1 Å². The second-order valence-corrected chi connectivity index (χ2v) is 12.2. The molecule has 0 saturated carbocycles. The molecule has 0 amide bonds. The first-order valence-electron chi connectivity index (χ1n) is 12.5. The minimum atomic E-state index is -4.46. The van der Waals surface area contributed by atoms with Crippen molar-refractivity contribution in [2.24, 2.45) is 0 Å². The van der Waals surface area contributed by atoms with Crippen molar-refractivity contribution in [1.29, 1.82) is 0 Å². The van der Waals surface area contributed by atoms with Gasteiger partial charge in [-0.05, 0) is 57.5 Å². The molecular formula is C33H26ClF3OS. The Labute approximate surface area is 234 Å². The third-order valence-electron chi connectivity index (χ3n) is 6.76. The van der Waals surface area contributed by atoms with Crippen LogP contribution in [0, 0.1) is 0 Å². The molecule has 0 spiro atoms. The van der Waals surface area contributed by atoms with Crippen molar-refractivity contribution in [3.8, 4) is 0 Å². The maximum Gasteiger partial charge on any atom is 0.416 e. The van der Waals surface area contributed by atoms with Crippen molar-refractivity contribution < 1.29 is 17.4 Å². The molecule has 1 aliphatic rings. The zero-order valence-electron chi connectivity index (χ0n) is 21.6. The summed E-state index contributed by atoms with van der Waals surface area (Å²) in [7, 11) is -1.68. The first kappa shape index (κ1) is 27.2. The van der Waals surface area contributed by atoms with Gasteiger partial charge in [0.25, 0.3) is 0 Å². The summed E-state index contributed by atoms with van der Waals surface area (Å²) in [5.41, 5.74) is 4.76. The Bertz CT molecular complexity index is 1590. The number of allylic oxidation sites excluding steroid dienone is 2. The molecule has 1 unspecified atom stereocenters. The first-order chi connectivity index (χ1) is 18.4. The largest absolute Gasteiger partial charge is 0.416 e. The molecule has 6 heteroatoms. The van der Waals surface area contributed by atoms with Gasteiger partial charge in [-0.25, -0.2) is 4.21 Å². The summed E-state index contributed by atoms with van der Waals surface area (Å²) in [6.45, 7) is 6.39. The number of halogens is 4. The second-order valence-electron chi connectivity index (χ2n) is 10.5. The van der Waals surface area contributed by atoms with Gasteiger partial charge in [-0.1, -0.05) is 111 Å². The SMILES string of the molecule is CC(C)(C)c1ccc(C2=C(c3ccc(Cl)cc3)C(c3ccccc3)=C(c3ccc(C(F)(F)F)cc3)S2=O)cc1. The van der Waals surface area contributed by atoms with Gasteiger partial charge in [-0.15, -0.1) is 0 Å². The maximum atomic E-state index is 14.5. The third kappa shape index (κ3) is 5.39. The molecule has 39 heavy (non-hydrogen) atoms. The topological polar surface area (TPSA) is 17.1 Å². The van der Waals surface area contributed by atoms with Crippen LogP contribution in [0.4, 0.5) is 13.2 Å². The Morgan fingerprint density at radius 3 is 1.41 bits per heavy atom. The van der Waals surface area contributed by atoms with Gasteiger partial charge in [0.05, 0.1) is 26.2 Å². The van der Waals surface area contributed by atoms with E-state index in [-0.39, 0.29) is 5.41 Å². The van der Waals surface area contributed by atoms with E-state index < -0.39 is 22.5 Å². The van der Waals surface area contributed by atoms with E-state index >= 15 is 0 Å². The van der Waals surface area contributed by atoms with Crippen LogP contribution in [-0.2, 0) is 22.4 Å². The molecule has 5 rings (SSSR count). The fourth-order valence-electron chi connectivity index (χ4n) is 4.72. The average molecular weight is 563 g/mol. The van der Waals surface area contributed by atoms with E-state index in [1.807, 2.05) is 66.7 Å². The van der Waals surface area contributed by atoms with Gasteiger partial charge in [0.2, 0.25) is 0 Å². The van der Waals surface area contributed by atoms with Gasteiger partial charge < -0.3 is 0 Å². The van der Waals surface area contributed by atoms with Crippen LogP contribution >= 0.6 is 11.6 Å². The predicted molar refractivity (Wildman–Crippen MR) is 156 cm³/mol. The molecule has 198 valence electrons. The van der Waals surface area contributed by atoms with Gasteiger partial charge in [-0.3, -0.25) is 0 Å². The van der Waals surface area contributed by atoms with Gasteiger partial charge in [0.15, 0.2) is 0 Å². The summed E-state index contributed by atoms with van der Waals surface area (Å²) in [6, 6.07) is 29.8. The maximum absolute atomic E-state index is 14.5. The minimum Gasteiger partial charge on any atom is -0.249 e. The number of rotatable bonds is 4. The molecular weight excluding hydrogens is 537 g/mol. The Morgan fingerprint density at radius 2 is 0.974 bits per heavy atom. The summed E-state index contributed by atoms with van der Waals surface area (Å²) in [4.78, 5) is 1.10.